The second kappa shape index (κ2) is 19.6. The Morgan fingerprint density at radius 2 is 0.986 bits per heavy atom. The van der Waals surface area contributed by atoms with E-state index in [1.54, 1.807) is 5.56 Å². The zero-order valence-electron chi connectivity index (χ0n) is 41.0. The number of benzene rings is 7. The molecular weight excluding hydrogens is 857 g/mol. The van der Waals surface area contributed by atoms with E-state index in [9.17, 15) is 0 Å². The number of para-hydroxylation sites is 1. The van der Waals surface area contributed by atoms with Crippen molar-refractivity contribution >= 4 is 53.4 Å². The Labute approximate surface area is 412 Å². The van der Waals surface area contributed by atoms with E-state index in [4.69, 9.17) is 14.4 Å². The fourth-order valence-corrected chi connectivity index (χ4v) is 12.5. The molecule has 3 aromatic heterocycles. The number of furan rings is 1. The lowest BCUT2D eigenvalue weighted by Crippen LogP contribution is -2.25. The standard InChI is InChI=1S/C65H64N2OS/c1-5-7-9-11-13-17-35-65(36-18-14-12-10-8-6-2)56-37-44(4)23-32-50(56)51-33-30-48(39-57(51)65)59-41-58(47-28-26-46(27-29-47)45-24-21-43(3)22-25-45)66-64(67-59)49-31-34-62-54(38-49)55-40-53-52-19-15-16-20-60(52)68-61(53)42-63(55)69-62/h15-16,19-34,37-42H,5-14,17-18,35-36H2,1-4H3. The topological polar surface area (TPSA) is 38.9 Å². The van der Waals surface area contributed by atoms with Crippen molar-refractivity contribution in [2.24, 2.45) is 0 Å². The van der Waals surface area contributed by atoms with Crippen molar-refractivity contribution in [2.45, 2.75) is 123 Å². The minimum atomic E-state index is -0.0243. The van der Waals surface area contributed by atoms with Crippen LogP contribution in [0.4, 0.5) is 0 Å². The molecule has 3 nitrogen and oxygen atoms in total. The molecule has 0 spiro atoms. The van der Waals surface area contributed by atoms with E-state index in [1.807, 2.05) is 17.4 Å². The first-order valence-corrected chi connectivity index (χ1v) is 26.8. The van der Waals surface area contributed by atoms with Crippen LogP contribution >= 0.6 is 11.3 Å². The van der Waals surface area contributed by atoms with Gasteiger partial charge in [-0.15, -0.1) is 11.3 Å². The van der Waals surface area contributed by atoms with Gasteiger partial charge in [0.1, 0.15) is 11.2 Å². The average molecular weight is 921 g/mol. The van der Waals surface area contributed by atoms with Gasteiger partial charge in [0.15, 0.2) is 5.82 Å². The van der Waals surface area contributed by atoms with E-state index in [0.717, 1.165) is 55.8 Å². The molecule has 0 N–H and O–H groups in total. The lowest BCUT2D eigenvalue weighted by molar-refractivity contribution is 0.398. The van der Waals surface area contributed by atoms with Gasteiger partial charge in [-0.1, -0.05) is 199 Å². The van der Waals surface area contributed by atoms with Crippen molar-refractivity contribution in [2.75, 3.05) is 0 Å². The van der Waals surface area contributed by atoms with Gasteiger partial charge in [0.2, 0.25) is 0 Å². The highest BCUT2D eigenvalue weighted by Gasteiger charge is 2.42. The molecule has 0 atom stereocenters. The molecule has 0 fully saturated rings. The van der Waals surface area contributed by atoms with E-state index in [0.29, 0.717) is 0 Å². The van der Waals surface area contributed by atoms with Crippen LogP contribution in [0.3, 0.4) is 0 Å². The summed E-state index contributed by atoms with van der Waals surface area (Å²) in [4.78, 5) is 11.0. The molecular formula is C65H64N2OS. The molecule has 0 aliphatic heterocycles. The van der Waals surface area contributed by atoms with Gasteiger partial charge in [0.05, 0.1) is 11.4 Å². The van der Waals surface area contributed by atoms with E-state index >= 15 is 0 Å². The maximum absolute atomic E-state index is 6.32. The highest BCUT2D eigenvalue weighted by atomic mass is 32.1. The number of hydrogen-bond acceptors (Lipinski definition) is 4. The number of hydrogen-bond donors (Lipinski definition) is 0. The summed E-state index contributed by atoms with van der Waals surface area (Å²) in [6.07, 6.45) is 18.0. The van der Waals surface area contributed by atoms with Gasteiger partial charge in [-0.05, 0) is 109 Å². The maximum atomic E-state index is 6.32. The Morgan fingerprint density at radius 1 is 0.420 bits per heavy atom. The van der Waals surface area contributed by atoms with Crippen LogP contribution in [0.5, 0.6) is 0 Å². The Kier molecular flexibility index (Phi) is 12.8. The van der Waals surface area contributed by atoms with Crippen LogP contribution in [0.25, 0.3) is 98.3 Å². The Balaban J connectivity index is 1.04. The van der Waals surface area contributed by atoms with Crippen molar-refractivity contribution in [1.82, 2.24) is 9.97 Å². The third-order valence-corrected chi connectivity index (χ3v) is 16.4. The summed E-state index contributed by atoms with van der Waals surface area (Å²) in [7, 11) is 0. The summed E-state index contributed by atoms with van der Waals surface area (Å²) in [5.74, 6) is 0.742. The minimum Gasteiger partial charge on any atom is -0.456 e. The van der Waals surface area contributed by atoms with Crippen molar-refractivity contribution < 1.29 is 4.42 Å². The van der Waals surface area contributed by atoms with Gasteiger partial charge in [-0.3, -0.25) is 0 Å². The number of aromatic nitrogens is 2. The van der Waals surface area contributed by atoms with Crippen LogP contribution < -0.4 is 0 Å². The molecule has 10 aromatic rings. The Morgan fingerprint density at radius 3 is 1.71 bits per heavy atom. The highest BCUT2D eigenvalue weighted by molar-refractivity contribution is 7.25. The molecule has 0 unspecified atom stereocenters. The second-order valence-electron chi connectivity index (χ2n) is 20.1. The Bertz CT molecular complexity index is 3430. The quantitative estimate of drug-likeness (QED) is 0.0805. The van der Waals surface area contributed by atoms with Gasteiger partial charge in [0, 0.05) is 53.1 Å². The summed E-state index contributed by atoms with van der Waals surface area (Å²) in [6.45, 7) is 9.05. The van der Waals surface area contributed by atoms with E-state index < -0.39 is 0 Å². The smallest absolute Gasteiger partial charge is 0.160 e. The molecule has 1 aliphatic carbocycles. The average Bonchev–Trinajstić information content (AvgIpc) is 4.02. The number of thiophene rings is 1. The summed E-state index contributed by atoms with van der Waals surface area (Å²) in [6, 6.07) is 54.2. The SMILES string of the molecule is CCCCCCCCC1(CCCCCCCC)c2cc(C)ccc2-c2ccc(-c3cc(-c4ccc(-c5ccc(C)cc5)cc4)nc(-c4ccc5sc6cc7oc8ccccc8c7cc6c5c4)n3)cc21. The largest absolute Gasteiger partial charge is 0.456 e. The molecule has 69 heavy (non-hydrogen) atoms. The van der Waals surface area contributed by atoms with Gasteiger partial charge < -0.3 is 4.42 Å². The number of unbranched alkanes of at least 4 members (excludes halogenated alkanes) is 10. The predicted octanol–water partition coefficient (Wildman–Crippen LogP) is 19.8. The zero-order chi connectivity index (χ0) is 46.9. The molecule has 0 bridgehead atoms. The maximum Gasteiger partial charge on any atom is 0.160 e. The molecule has 346 valence electrons. The normalized spacial score (nSPS) is 13.0. The van der Waals surface area contributed by atoms with E-state index in [-0.39, 0.29) is 5.41 Å². The second-order valence-corrected chi connectivity index (χ2v) is 21.2. The summed E-state index contributed by atoms with van der Waals surface area (Å²) < 4.78 is 8.79. The molecule has 1 aliphatic rings. The van der Waals surface area contributed by atoms with Crippen LogP contribution in [0.1, 0.15) is 126 Å². The summed E-state index contributed by atoms with van der Waals surface area (Å²) in [5, 5.41) is 4.75. The third-order valence-electron chi connectivity index (χ3n) is 15.2. The number of fused-ring (bicyclic) bond motifs is 9. The minimum absolute atomic E-state index is 0.0243. The molecule has 0 saturated heterocycles. The third kappa shape index (κ3) is 8.82. The molecule has 0 amide bonds. The van der Waals surface area contributed by atoms with Crippen LogP contribution in [-0.2, 0) is 5.41 Å². The molecule has 3 heterocycles. The first-order chi connectivity index (χ1) is 33.9. The van der Waals surface area contributed by atoms with Crippen LogP contribution in [-0.4, -0.2) is 9.97 Å². The van der Waals surface area contributed by atoms with Gasteiger partial charge >= 0.3 is 0 Å². The van der Waals surface area contributed by atoms with Crippen molar-refractivity contribution in [3.8, 4) is 56.2 Å². The highest BCUT2D eigenvalue weighted by Crippen LogP contribution is 2.55. The molecule has 7 aromatic carbocycles. The van der Waals surface area contributed by atoms with Crippen LogP contribution in [0.15, 0.2) is 150 Å². The molecule has 4 heteroatoms. The van der Waals surface area contributed by atoms with Crippen molar-refractivity contribution in [1.29, 1.82) is 0 Å². The first kappa shape index (κ1) is 45.1. The first-order valence-electron chi connectivity index (χ1n) is 26.0. The monoisotopic (exact) mass is 920 g/mol. The van der Waals surface area contributed by atoms with E-state index in [2.05, 4.69) is 167 Å². The van der Waals surface area contributed by atoms with Crippen molar-refractivity contribution in [3.05, 3.63) is 168 Å². The molecule has 11 rings (SSSR count). The fourth-order valence-electron chi connectivity index (χ4n) is 11.4. The predicted molar refractivity (Wildman–Crippen MR) is 296 cm³/mol. The van der Waals surface area contributed by atoms with E-state index in [1.165, 1.54) is 149 Å². The number of rotatable bonds is 18. The summed E-state index contributed by atoms with van der Waals surface area (Å²) in [5.41, 5.74) is 17.9. The Hall–Kier alpha value is -6.36. The fraction of sp³-hybridized carbons (Fsp3) is 0.292. The van der Waals surface area contributed by atoms with Crippen LogP contribution in [0, 0.1) is 13.8 Å². The lowest BCUT2D eigenvalue weighted by atomic mass is 9.70. The number of aryl methyl sites for hydroxylation is 2. The van der Waals surface area contributed by atoms with Gasteiger partial charge in [0.25, 0.3) is 0 Å². The number of nitrogens with zero attached hydrogens (tertiary/aromatic N) is 2. The molecule has 0 radical (unpaired) electrons. The van der Waals surface area contributed by atoms with Crippen LogP contribution in [0.2, 0.25) is 0 Å². The molecule has 0 saturated carbocycles. The summed E-state index contributed by atoms with van der Waals surface area (Å²) >= 11 is 1.82. The van der Waals surface area contributed by atoms with Gasteiger partial charge in [-0.25, -0.2) is 9.97 Å². The lowest BCUT2D eigenvalue weighted by Gasteiger charge is -2.33. The van der Waals surface area contributed by atoms with Gasteiger partial charge in [-0.2, -0.15) is 0 Å². The van der Waals surface area contributed by atoms with Crippen molar-refractivity contribution in [3.63, 3.8) is 0 Å². The zero-order valence-corrected chi connectivity index (χ0v) is 41.8.